The van der Waals surface area contributed by atoms with E-state index in [9.17, 15) is 0 Å². The van der Waals surface area contributed by atoms with E-state index in [0.717, 1.165) is 17.5 Å². The van der Waals surface area contributed by atoms with Crippen LogP contribution < -0.4 is 4.74 Å². The molecule has 0 spiro atoms. The Balaban J connectivity index is 1.97. The number of ether oxygens (including phenoxy) is 2. The number of rotatable bonds is 2. The average molecular weight is 244 g/mol. The molecule has 2 heterocycles. The van der Waals surface area contributed by atoms with Crippen molar-refractivity contribution in [3.8, 4) is 5.88 Å². The maximum absolute atomic E-state index is 5.57. The van der Waals surface area contributed by atoms with Crippen molar-refractivity contribution >= 4 is 15.9 Å². The van der Waals surface area contributed by atoms with E-state index in [4.69, 9.17) is 9.47 Å². The van der Waals surface area contributed by atoms with Crippen molar-refractivity contribution in [3.05, 3.63) is 22.8 Å². The molecule has 0 amide bonds. The Labute approximate surface area is 85.2 Å². The standard InChI is InChI=1S/C9H10BrNO2/c10-7-1-2-9(11-5-7)13-8-3-4-12-6-8/h1-2,5,8H,3-4,6H2/t8-/m1/s1. The zero-order valence-corrected chi connectivity index (χ0v) is 8.66. The summed E-state index contributed by atoms with van der Waals surface area (Å²) in [6.45, 7) is 1.47. The van der Waals surface area contributed by atoms with E-state index in [0.29, 0.717) is 12.5 Å². The molecule has 70 valence electrons. The van der Waals surface area contributed by atoms with Crippen molar-refractivity contribution < 1.29 is 9.47 Å². The van der Waals surface area contributed by atoms with Crippen LogP contribution in [-0.4, -0.2) is 24.3 Å². The predicted molar refractivity (Wildman–Crippen MR) is 51.8 cm³/mol. The second-order valence-corrected chi connectivity index (χ2v) is 3.83. The molecular weight excluding hydrogens is 234 g/mol. The average Bonchev–Trinajstić information content (AvgIpc) is 2.62. The van der Waals surface area contributed by atoms with Gasteiger partial charge in [0.2, 0.25) is 5.88 Å². The number of hydrogen-bond acceptors (Lipinski definition) is 3. The molecule has 0 N–H and O–H groups in total. The van der Waals surface area contributed by atoms with E-state index in [-0.39, 0.29) is 6.10 Å². The van der Waals surface area contributed by atoms with E-state index in [1.807, 2.05) is 12.1 Å². The van der Waals surface area contributed by atoms with Crippen LogP contribution in [0.25, 0.3) is 0 Å². The van der Waals surface area contributed by atoms with Crippen LogP contribution in [0, 0.1) is 0 Å². The molecule has 0 unspecified atom stereocenters. The molecule has 3 nitrogen and oxygen atoms in total. The van der Waals surface area contributed by atoms with Crippen LogP contribution in [-0.2, 0) is 4.74 Å². The smallest absolute Gasteiger partial charge is 0.213 e. The first-order valence-electron chi connectivity index (χ1n) is 4.20. The highest BCUT2D eigenvalue weighted by Gasteiger charge is 2.17. The van der Waals surface area contributed by atoms with Gasteiger partial charge in [-0.3, -0.25) is 0 Å². The summed E-state index contributed by atoms with van der Waals surface area (Å²) < 4.78 is 11.7. The first-order chi connectivity index (χ1) is 6.34. The highest BCUT2D eigenvalue weighted by Crippen LogP contribution is 2.16. The summed E-state index contributed by atoms with van der Waals surface area (Å²) in [6, 6.07) is 3.76. The van der Waals surface area contributed by atoms with Crippen LogP contribution in [0.2, 0.25) is 0 Å². The normalized spacial score (nSPS) is 21.8. The van der Waals surface area contributed by atoms with Crippen LogP contribution in [0.3, 0.4) is 0 Å². The van der Waals surface area contributed by atoms with Gasteiger partial charge in [-0.2, -0.15) is 0 Å². The van der Waals surface area contributed by atoms with Crippen molar-refractivity contribution in [2.75, 3.05) is 13.2 Å². The molecular formula is C9H10BrNO2. The molecule has 1 aliphatic heterocycles. The predicted octanol–water partition coefficient (Wildman–Crippen LogP) is 2.01. The van der Waals surface area contributed by atoms with E-state index >= 15 is 0 Å². The molecule has 0 bridgehead atoms. The lowest BCUT2D eigenvalue weighted by Crippen LogP contribution is -2.16. The minimum absolute atomic E-state index is 0.175. The largest absolute Gasteiger partial charge is 0.472 e. The number of pyridine rings is 1. The Hall–Kier alpha value is -0.610. The van der Waals surface area contributed by atoms with Crippen LogP contribution >= 0.6 is 15.9 Å². The molecule has 1 aromatic rings. The Morgan fingerprint density at radius 3 is 3.08 bits per heavy atom. The van der Waals surface area contributed by atoms with Crippen molar-refractivity contribution in [2.24, 2.45) is 0 Å². The first kappa shape index (κ1) is 8.97. The second-order valence-electron chi connectivity index (χ2n) is 2.92. The lowest BCUT2D eigenvalue weighted by Gasteiger charge is -2.09. The fourth-order valence-electron chi connectivity index (χ4n) is 1.21. The SMILES string of the molecule is Brc1ccc(O[C@@H]2CCOC2)nc1. The molecule has 0 saturated carbocycles. The van der Waals surface area contributed by atoms with Gasteiger partial charge in [0, 0.05) is 23.2 Å². The van der Waals surface area contributed by atoms with Gasteiger partial charge in [-0.05, 0) is 22.0 Å². The van der Waals surface area contributed by atoms with Gasteiger partial charge in [-0.25, -0.2) is 4.98 Å². The summed E-state index contributed by atoms with van der Waals surface area (Å²) in [6.07, 6.45) is 2.86. The number of hydrogen-bond donors (Lipinski definition) is 0. The van der Waals surface area contributed by atoms with E-state index in [1.165, 1.54) is 0 Å². The second kappa shape index (κ2) is 4.07. The molecule has 2 rings (SSSR count). The van der Waals surface area contributed by atoms with Crippen molar-refractivity contribution in [3.63, 3.8) is 0 Å². The van der Waals surface area contributed by atoms with Gasteiger partial charge in [-0.15, -0.1) is 0 Å². The molecule has 0 radical (unpaired) electrons. The topological polar surface area (TPSA) is 31.4 Å². The zero-order chi connectivity index (χ0) is 9.10. The van der Waals surface area contributed by atoms with Gasteiger partial charge in [-0.1, -0.05) is 0 Å². The van der Waals surface area contributed by atoms with Crippen LogP contribution in [0.5, 0.6) is 5.88 Å². The Morgan fingerprint density at radius 2 is 2.46 bits per heavy atom. The van der Waals surface area contributed by atoms with E-state index in [2.05, 4.69) is 20.9 Å². The molecule has 13 heavy (non-hydrogen) atoms. The molecule has 1 fully saturated rings. The molecule has 1 atom stereocenters. The first-order valence-corrected chi connectivity index (χ1v) is 5.00. The third-order valence-corrected chi connectivity index (χ3v) is 2.34. The quantitative estimate of drug-likeness (QED) is 0.797. The fourth-order valence-corrected chi connectivity index (χ4v) is 1.44. The number of halogens is 1. The fraction of sp³-hybridized carbons (Fsp3) is 0.444. The Bertz CT molecular complexity index is 269. The van der Waals surface area contributed by atoms with Gasteiger partial charge in [0.05, 0.1) is 13.2 Å². The monoisotopic (exact) mass is 243 g/mol. The lowest BCUT2D eigenvalue weighted by molar-refractivity contribution is 0.138. The number of nitrogens with zero attached hydrogens (tertiary/aromatic N) is 1. The Morgan fingerprint density at radius 1 is 1.54 bits per heavy atom. The van der Waals surface area contributed by atoms with Gasteiger partial charge in [0.25, 0.3) is 0 Å². The summed E-state index contributed by atoms with van der Waals surface area (Å²) in [5.74, 6) is 0.665. The molecule has 0 aromatic carbocycles. The highest BCUT2D eigenvalue weighted by molar-refractivity contribution is 9.10. The molecule has 1 aromatic heterocycles. The van der Waals surface area contributed by atoms with Crippen LogP contribution in [0.4, 0.5) is 0 Å². The molecule has 0 aliphatic carbocycles. The molecule has 1 saturated heterocycles. The van der Waals surface area contributed by atoms with Crippen LogP contribution in [0.1, 0.15) is 6.42 Å². The molecule has 4 heteroatoms. The van der Waals surface area contributed by atoms with E-state index < -0.39 is 0 Å². The van der Waals surface area contributed by atoms with Gasteiger partial charge in [0.1, 0.15) is 6.10 Å². The highest BCUT2D eigenvalue weighted by atomic mass is 79.9. The third kappa shape index (κ3) is 2.42. The summed E-state index contributed by atoms with van der Waals surface area (Å²) in [5.41, 5.74) is 0. The van der Waals surface area contributed by atoms with Gasteiger partial charge >= 0.3 is 0 Å². The zero-order valence-electron chi connectivity index (χ0n) is 7.07. The minimum Gasteiger partial charge on any atom is -0.472 e. The minimum atomic E-state index is 0.175. The number of aromatic nitrogens is 1. The van der Waals surface area contributed by atoms with Gasteiger partial charge < -0.3 is 9.47 Å². The lowest BCUT2D eigenvalue weighted by atomic mass is 10.3. The maximum Gasteiger partial charge on any atom is 0.213 e. The molecule has 1 aliphatic rings. The van der Waals surface area contributed by atoms with Gasteiger partial charge in [0.15, 0.2) is 0 Å². The van der Waals surface area contributed by atoms with Crippen molar-refractivity contribution in [2.45, 2.75) is 12.5 Å². The van der Waals surface area contributed by atoms with Crippen molar-refractivity contribution in [1.29, 1.82) is 0 Å². The summed E-state index contributed by atoms with van der Waals surface area (Å²) in [4.78, 5) is 4.12. The maximum atomic E-state index is 5.57. The van der Waals surface area contributed by atoms with Crippen LogP contribution in [0.15, 0.2) is 22.8 Å². The van der Waals surface area contributed by atoms with E-state index in [1.54, 1.807) is 6.20 Å². The van der Waals surface area contributed by atoms with Crippen molar-refractivity contribution in [1.82, 2.24) is 4.98 Å². The third-order valence-electron chi connectivity index (χ3n) is 1.88. The summed E-state index contributed by atoms with van der Waals surface area (Å²) in [5, 5.41) is 0. The summed E-state index contributed by atoms with van der Waals surface area (Å²) in [7, 11) is 0. The Kier molecular flexibility index (Phi) is 2.80. The summed E-state index contributed by atoms with van der Waals surface area (Å²) >= 11 is 3.32.